The SMILES string of the molecule is COc1ccc2cc1OCCCN(C(=O)[C@@H]1CCCO1)CC(=O)N[C@@H](C(C)C)C(=O)NCc1nc-2oc1C. The van der Waals surface area contributed by atoms with Crippen LogP contribution in [0.5, 0.6) is 11.5 Å². The molecule has 38 heavy (non-hydrogen) atoms. The second-order valence-electron chi connectivity index (χ2n) is 9.86. The van der Waals surface area contributed by atoms with Crippen molar-refractivity contribution in [3.8, 4) is 23.0 Å². The number of rotatable bonds is 3. The molecule has 2 N–H and O–H groups in total. The molecule has 0 unspecified atom stereocenters. The number of fused-ring (bicyclic) bond motifs is 5. The molecule has 206 valence electrons. The highest BCUT2D eigenvalue weighted by Gasteiger charge is 2.31. The summed E-state index contributed by atoms with van der Waals surface area (Å²) in [5, 5.41) is 5.66. The Kier molecular flexibility index (Phi) is 8.88. The van der Waals surface area contributed by atoms with Gasteiger partial charge in [0.05, 0.1) is 26.8 Å². The summed E-state index contributed by atoms with van der Waals surface area (Å²) in [6.45, 7) is 6.53. The first kappa shape index (κ1) is 27.4. The van der Waals surface area contributed by atoms with Gasteiger partial charge in [-0.15, -0.1) is 0 Å². The first-order chi connectivity index (χ1) is 18.3. The Balaban J connectivity index is 1.62. The third-order valence-corrected chi connectivity index (χ3v) is 6.68. The molecule has 11 nitrogen and oxygen atoms in total. The normalized spacial score (nSPS) is 21.2. The van der Waals surface area contributed by atoms with Gasteiger partial charge in [-0.2, -0.15) is 0 Å². The molecule has 2 aliphatic heterocycles. The molecule has 1 fully saturated rings. The van der Waals surface area contributed by atoms with Gasteiger partial charge in [-0.1, -0.05) is 13.8 Å². The number of carbonyl (C=O) groups excluding carboxylic acids is 3. The zero-order valence-electron chi connectivity index (χ0n) is 22.4. The van der Waals surface area contributed by atoms with Crippen LogP contribution in [0.2, 0.25) is 0 Å². The van der Waals surface area contributed by atoms with Gasteiger partial charge >= 0.3 is 0 Å². The lowest BCUT2D eigenvalue weighted by atomic mass is 10.0. The van der Waals surface area contributed by atoms with Crippen LogP contribution < -0.4 is 20.1 Å². The summed E-state index contributed by atoms with van der Waals surface area (Å²) < 4.78 is 22.9. The fourth-order valence-corrected chi connectivity index (χ4v) is 4.53. The lowest BCUT2D eigenvalue weighted by Crippen LogP contribution is -2.53. The molecule has 0 saturated carbocycles. The highest BCUT2D eigenvalue weighted by atomic mass is 16.5. The van der Waals surface area contributed by atoms with Crippen LogP contribution in [0.25, 0.3) is 11.5 Å². The largest absolute Gasteiger partial charge is 0.493 e. The fraction of sp³-hybridized carbons (Fsp3) is 0.556. The number of aryl methyl sites for hydroxylation is 1. The molecule has 11 heteroatoms. The summed E-state index contributed by atoms with van der Waals surface area (Å²) in [5.41, 5.74) is 1.28. The van der Waals surface area contributed by atoms with Gasteiger partial charge in [-0.25, -0.2) is 4.98 Å². The lowest BCUT2D eigenvalue weighted by molar-refractivity contribution is -0.144. The minimum absolute atomic E-state index is 0.135. The van der Waals surface area contributed by atoms with Crippen molar-refractivity contribution in [1.82, 2.24) is 20.5 Å². The van der Waals surface area contributed by atoms with Crippen LogP contribution in [-0.2, 0) is 25.7 Å². The first-order valence-electron chi connectivity index (χ1n) is 13.0. The van der Waals surface area contributed by atoms with E-state index < -0.39 is 18.1 Å². The predicted octanol–water partition coefficient (Wildman–Crippen LogP) is 2.21. The number of methoxy groups -OCH3 is 1. The average molecular weight is 529 g/mol. The van der Waals surface area contributed by atoms with E-state index in [1.54, 1.807) is 26.2 Å². The number of nitrogens with zero attached hydrogens (tertiary/aromatic N) is 2. The van der Waals surface area contributed by atoms with E-state index >= 15 is 0 Å². The average Bonchev–Trinajstić information content (AvgIpc) is 3.56. The number of hydrogen-bond acceptors (Lipinski definition) is 8. The molecule has 1 saturated heterocycles. The van der Waals surface area contributed by atoms with E-state index in [2.05, 4.69) is 15.6 Å². The Morgan fingerprint density at radius 3 is 2.74 bits per heavy atom. The van der Waals surface area contributed by atoms with Crippen molar-refractivity contribution in [1.29, 1.82) is 0 Å². The molecule has 1 aromatic carbocycles. The van der Waals surface area contributed by atoms with Crippen molar-refractivity contribution in [3.63, 3.8) is 0 Å². The second kappa shape index (κ2) is 12.3. The molecule has 2 aromatic rings. The van der Waals surface area contributed by atoms with Crippen LogP contribution in [0.15, 0.2) is 22.6 Å². The fourth-order valence-electron chi connectivity index (χ4n) is 4.53. The molecule has 3 heterocycles. The highest BCUT2D eigenvalue weighted by Crippen LogP contribution is 2.33. The van der Waals surface area contributed by atoms with Crippen molar-refractivity contribution in [3.05, 3.63) is 29.7 Å². The van der Waals surface area contributed by atoms with Crippen molar-refractivity contribution in [2.75, 3.05) is 33.4 Å². The van der Waals surface area contributed by atoms with Crippen LogP contribution in [0.4, 0.5) is 0 Å². The van der Waals surface area contributed by atoms with Gasteiger partial charge in [0.1, 0.15) is 23.6 Å². The third-order valence-electron chi connectivity index (χ3n) is 6.68. The van der Waals surface area contributed by atoms with E-state index in [-0.39, 0.29) is 44.0 Å². The maximum atomic E-state index is 13.2. The van der Waals surface area contributed by atoms with E-state index in [0.29, 0.717) is 53.9 Å². The maximum absolute atomic E-state index is 13.2. The van der Waals surface area contributed by atoms with Gasteiger partial charge in [-0.3, -0.25) is 14.4 Å². The molecule has 2 atom stereocenters. The minimum Gasteiger partial charge on any atom is -0.493 e. The number of benzene rings is 1. The molecule has 4 rings (SSSR count). The van der Waals surface area contributed by atoms with Crippen LogP contribution in [0.1, 0.15) is 44.6 Å². The topological polar surface area (TPSA) is 132 Å². The lowest BCUT2D eigenvalue weighted by Gasteiger charge is -2.27. The highest BCUT2D eigenvalue weighted by molar-refractivity contribution is 5.91. The summed E-state index contributed by atoms with van der Waals surface area (Å²) in [5.74, 6) is 0.860. The third kappa shape index (κ3) is 6.45. The van der Waals surface area contributed by atoms with E-state index in [0.717, 1.165) is 6.42 Å². The molecule has 0 radical (unpaired) electrons. The second-order valence-corrected chi connectivity index (χ2v) is 9.86. The van der Waals surface area contributed by atoms with Gasteiger partial charge in [0.2, 0.25) is 17.7 Å². The standard InChI is InChI=1S/C27H36N4O7/c1-16(2)24-25(33)28-14-19-17(3)38-26(29-19)18-8-9-20(35-4)22(13-18)37-12-6-10-31(15-23(32)30-24)27(34)21-7-5-11-36-21/h8-9,13,16,21,24H,5-7,10-12,14-15H2,1-4H3,(H,28,33)(H,30,32)/t21-,24-/m0/s1. The van der Waals surface area contributed by atoms with Gasteiger partial charge in [0.25, 0.3) is 5.91 Å². The smallest absolute Gasteiger partial charge is 0.252 e. The predicted molar refractivity (Wildman–Crippen MR) is 138 cm³/mol. The maximum Gasteiger partial charge on any atom is 0.252 e. The van der Waals surface area contributed by atoms with E-state index in [1.807, 2.05) is 19.9 Å². The number of amides is 3. The number of oxazole rings is 1. The Morgan fingerprint density at radius 1 is 1.21 bits per heavy atom. The van der Waals surface area contributed by atoms with Gasteiger partial charge in [0.15, 0.2) is 11.5 Å². The Labute approximate surface area is 222 Å². The number of hydrogen-bond donors (Lipinski definition) is 2. The van der Waals surface area contributed by atoms with Gasteiger partial charge < -0.3 is 34.2 Å². The minimum atomic E-state index is -0.778. The summed E-state index contributed by atoms with van der Waals surface area (Å²) in [6.07, 6.45) is 1.33. The molecular weight excluding hydrogens is 492 g/mol. The van der Waals surface area contributed by atoms with Crippen molar-refractivity contribution in [2.24, 2.45) is 5.92 Å². The van der Waals surface area contributed by atoms with E-state index in [9.17, 15) is 14.4 Å². The Bertz CT molecular complexity index is 1160. The van der Waals surface area contributed by atoms with Crippen molar-refractivity contribution >= 4 is 17.7 Å². The number of aromatic nitrogens is 1. The molecular formula is C27H36N4O7. The van der Waals surface area contributed by atoms with Gasteiger partial charge in [0, 0.05) is 18.7 Å². The molecule has 0 spiro atoms. The van der Waals surface area contributed by atoms with Crippen molar-refractivity contribution in [2.45, 2.75) is 58.7 Å². The first-order valence-corrected chi connectivity index (χ1v) is 13.0. The quantitative estimate of drug-likeness (QED) is 0.620. The number of carbonyl (C=O) groups is 3. The monoisotopic (exact) mass is 528 g/mol. The number of ether oxygens (including phenoxy) is 3. The van der Waals surface area contributed by atoms with Crippen LogP contribution in [0, 0.1) is 12.8 Å². The summed E-state index contributed by atoms with van der Waals surface area (Å²) in [6, 6.07) is 4.60. The Morgan fingerprint density at radius 2 is 2.03 bits per heavy atom. The number of nitrogens with one attached hydrogen (secondary N) is 2. The van der Waals surface area contributed by atoms with Crippen LogP contribution in [0.3, 0.4) is 0 Å². The molecule has 0 aliphatic carbocycles. The Hall–Kier alpha value is -3.60. The molecule has 3 amide bonds. The van der Waals surface area contributed by atoms with E-state index in [1.165, 1.54) is 4.90 Å². The summed E-state index contributed by atoms with van der Waals surface area (Å²) >= 11 is 0. The summed E-state index contributed by atoms with van der Waals surface area (Å²) in [4.78, 5) is 45.3. The van der Waals surface area contributed by atoms with Crippen LogP contribution >= 0.6 is 0 Å². The van der Waals surface area contributed by atoms with Crippen molar-refractivity contribution < 1.29 is 33.0 Å². The molecule has 2 aliphatic rings. The van der Waals surface area contributed by atoms with Crippen LogP contribution in [-0.4, -0.2) is 73.2 Å². The zero-order chi connectivity index (χ0) is 27.2. The molecule has 4 bridgehead atoms. The molecule has 1 aromatic heterocycles. The van der Waals surface area contributed by atoms with E-state index in [4.69, 9.17) is 18.6 Å². The van der Waals surface area contributed by atoms with Gasteiger partial charge in [-0.05, 0) is 50.3 Å². The zero-order valence-corrected chi connectivity index (χ0v) is 22.4. The summed E-state index contributed by atoms with van der Waals surface area (Å²) in [7, 11) is 1.56.